The number of hydrogen-bond donors (Lipinski definition) is 0. The van der Waals surface area contributed by atoms with Crippen LogP contribution in [0.3, 0.4) is 0 Å². The van der Waals surface area contributed by atoms with Crippen LogP contribution in [0.5, 0.6) is 0 Å². The molecule has 28 heavy (non-hydrogen) atoms. The van der Waals surface area contributed by atoms with E-state index < -0.39 is 0 Å². The Labute approximate surface area is 163 Å². The zero-order chi connectivity index (χ0) is 18.7. The lowest BCUT2D eigenvalue weighted by Crippen LogP contribution is -1.91. The summed E-state index contributed by atoms with van der Waals surface area (Å²) in [7, 11) is 2.18. The average molecular weight is 357 g/mol. The molecule has 132 valence electrons. The van der Waals surface area contributed by atoms with Crippen molar-refractivity contribution in [3.05, 3.63) is 97.1 Å². The van der Waals surface area contributed by atoms with Crippen molar-refractivity contribution in [2.45, 2.75) is 0 Å². The second-order valence-electron chi connectivity index (χ2n) is 7.51. The number of nitrogens with zero attached hydrogens (tertiary/aromatic N) is 1. The Morgan fingerprint density at radius 1 is 0.571 bits per heavy atom. The molecule has 0 aliphatic carbocycles. The molecule has 0 radical (unpaired) electrons. The summed E-state index contributed by atoms with van der Waals surface area (Å²) < 4.78 is 2.35. The van der Waals surface area contributed by atoms with Crippen molar-refractivity contribution in [2.75, 3.05) is 0 Å². The summed E-state index contributed by atoms with van der Waals surface area (Å²) in [5.74, 6) is 0. The lowest BCUT2D eigenvalue weighted by molar-refractivity contribution is 1.02. The van der Waals surface area contributed by atoms with E-state index in [1.165, 1.54) is 54.5 Å². The first-order chi connectivity index (χ1) is 13.8. The van der Waals surface area contributed by atoms with Crippen LogP contribution in [-0.2, 0) is 7.05 Å². The van der Waals surface area contributed by atoms with E-state index in [0.717, 1.165) is 0 Å². The van der Waals surface area contributed by atoms with E-state index in [1.807, 2.05) is 0 Å². The summed E-state index contributed by atoms with van der Waals surface area (Å²) in [4.78, 5) is 0. The first-order valence-corrected chi connectivity index (χ1v) is 9.69. The van der Waals surface area contributed by atoms with E-state index in [1.54, 1.807) is 0 Å². The van der Waals surface area contributed by atoms with Gasteiger partial charge in [-0.05, 0) is 51.4 Å². The molecule has 0 N–H and O–H groups in total. The summed E-state index contributed by atoms with van der Waals surface area (Å²) in [6.45, 7) is 0. The van der Waals surface area contributed by atoms with Crippen LogP contribution in [0, 0.1) is 0 Å². The number of hydrogen-bond acceptors (Lipinski definition) is 0. The van der Waals surface area contributed by atoms with Crippen LogP contribution in [0.1, 0.15) is 0 Å². The van der Waals surface area contributed by atoms with Crippen molar-refractivity contribution in [3.63, 3.8) is 0 Å². The van der Waals surface area contributed by atoms with Gasteiger partial charge in [-0.3, -0.25) is 0 Å². The quantitative estimate of drug-likeness (QED) is 0.272. The van der Waals surface area contributed by atoms with Gasteiger partial charge in [0.25, 0.3) is 0 Å². The van der Waals surface area contributed by atoms with Gasteiger partial charge in [0.2, 0.25) is 0 Å². The normalized spacial score (nSPS) is 11.8. The number of rotatable bonds is 1. The number of aromatic nitrogens is 1. The molecule has 0 saturated heterocycles. The highest BCUT2D eigenvalue weighted by molar-refractivity contribution is 6.25. The monoisotopic (exact) mass is 357 g/mol. The van der Waals surface area contributed by atoms with Crippen molar-refractivity contribution < 1.29 is 0 Å². The fourth-order valence-corrected chi connectivity index (χ4v) is 4.64. The number of aryl methyl sites for hydroxylation is 1. The van der Waals surface area contributed by atoms with Crippen LogP contribution in [0.15, 0.2) is 97.1 Å². The molecule has 0 unspecified atom stereocenters. The van der Waals surface area contributed by atoms with Crippen LogP contribution in [0.2, 0.25) is 0 Å². The first-order valence-electron chi connectivity index (χ1n) is 9.69. The minimum Gasteiger partial charge on any atom is -0.343 e. The predicted molar refractivity (Wildman–Crippen MR) is 121 cm³/mol. The van der Waals surface area contributed by atoms with E-state index in [4.69, 9.17) is 0 Å². The van der Waals surface area contributed by atoms with E-state index in [0.29, 0.717) is 0 Å². The summed E-state index contributed by atoms with van der Waals surface area (Å²) in [5.41, 5.74) is 5.12. The van der Waals surface area contributed by atoms with Crippen LogP contribution >= 0.6 is 0 Å². The molecule has 0 bridgehead atoms. The third kappa shape index (κ3) is 2.07. The first kappa shape index (κ1) is 15.5. The minimum absolute atomic E-state index is 1.26. The SMILES string of the molecule is Cn1c2ccccc2c2c3cc4ccccc4cc3cc(-c3ccccc3)c21. The molecule has 1 aromatic heterocycles. The van der Waals surface area contributed by atoms with Crippen molar-refractivity contribution in [2.24, 2.45) is 7.05 Å². The third-order valence-corrected chi connectivity index (χ3v) is 5.93. The minimum atomic E-state index is 1.26. The molecule has 0 fully saturated rings. The van der Waals surface area contributed by atoms with Crippen LogP contribution < -0.4 is 0 Å². The fraction of sp³-hybridized carbons (Fsp3) is 0.0370. The van der Waals surface area contributed by atoms with Crippen LogP contribution in [0.4, 0.5) is 0 Å². The molecule has 0 atom stereocenters. The fourth-order valence-electron chi connectivity index (χ4n) is 4.64. The van der Waals surface area contributed by atoms with E-state index in [9.17, 15) is 0 Å². The second kappa shape index (κ2) is 5.71. The highest BCUT2D eigenvalue weighted by Crippen LogP contribution is 2.41. The van der Waals surface area contributed by atoms with Gasteiger partial charge in [0, 0.05) is 28.9 Å². The highest BCUT2D eigenvalue weighted by Gasteiger charge is 2.16. The van der Waals surface area contributed by atoms with Gasteiger partial charge in [0.05, 0.1) is 5.52 Å². The molecule has 1 heteroatoms. The van der Waals surface area contributed by atoms with E-state index in [2.05, 4.69) is 109 Å². The zero-order valence-corrected chi connectivity index (χ0v) is 15.7. The smallest absolute Gasteiger partial charge is 0.0574 e. The molecule has 0 spiro atoms. The Balaban J connectivity index is 1.91. The summed E-state index contributed by atoms with van der Waals surface area (Å²) in [5, 5.41) is 7.86. The Morgan fingerprint density at radius 3 is 2.07 bits per heavy atom. The van der Waals surface area contributed by atoms with Gasteiger partial charge in [-0.1, -0.05) is 72.8 Å². The highest BCUT2D eigenvalue weighted by atomic mass is 14.9. The van der Waals surface area contributed by atoms with Gasteiger partial charge in [-0.25, -0.2) is 0 Å². The van der Waals surface area contributed by atoms with Gasteiger partial charge < -0.3 is 4.57 Å². The molecule has 1 heterocycles. The Kier molecular flexibility index (Phi) is 3.15. The van der Waals surface area contributed by atoms with Gasteiger partial charge in [-0.15, -0.1) is 0 Å². The maximum Gasteiger partial charge on any atom is 0.0574 e. The molecular formula is C27H19N. The number of benzene rings is 5. The van der Waals surface area contributed by atoms with Crippen LogP contribution in [0.25, 0.3) is 54.5 Å². The number of fused-ring (bicyclic) bond motifs is 6. The zero-order valence-electron chi connectivity index (χ0n) is 15.7. The standard InChI is InChI=1S/C27H19N/c1-28-25-14-8-7-13-22(25)26-23-16-20-12-6-5-11-19(20)15-21(23)17-24(27(26)28)18-9-3-2-4-10-18/h2-17H,1H3. The number of para-hydroxylation sites is 1. The molecule has 0 amide bonds. The Hall–Kier alpha value is -3.58. The maximum absolute atomic E-state index is 2.36. The topological polar surface area (TPSA) is 4.93 Å². The molecule has 5 aromatic carbocycles. The third-order valence-electron chi connectivity index (χ3n) is 5.93. The molecular weight excluding hydrogens is 338 g/mol. The van der Waals surface area contributed by atoms with Gasteiger partial charge in [0.1, 0.15) is 0 Å². The largest absolute Gasteiger partial charge is 0.343 e. The second-order valence-corrected chi connectivity index (χ2v) is 7.51. The van der Waals surface area contributed by atoms with E-state index in [-0.39, 0.29) is 0 Å². The molecule has 0 aliphatic rings. The molecule has 6 aromatic rings. The van der Waals surface area contributed by atoms with Crippen LogP contribution in [-0.4, -0.2) is 4.57 Å². The molecule has 0 saturated carbocycles. The van der Waals surface area contributed by atoms with Crippen molar-refractivity contribution >= 4 is 43.4 Å². The summed E-state index contributed by atoms with van der Waals surface area (Å²) in [6, 6.07) is 35.2. The van der Waals surface area contributed by atoms with Gasteiger partial charge in [0.15, 0.2) is 0 Å². The lowest BCUT2D eigenvalue weighted by atomic mass is 9.94. The van der Waals surface area contributed by atoms with Gasteiger partial charge in [-0.2, -0.15) is 0 Å². The molecule has 6 rings (SSSR count). The maximum atomic E-state index is 2.36. The Bertz CT molecular complexity index is 1500. The summed E-state index contributed by atoms with van der Waals surface area (Å²) in [6.07, 6.45) is 0. The Morgan fingerprint density at radius 2 is 1.25 bits per heavy atom. The van der Waals surface area contributed by atoms with Crippen molar-refractivity contribution in [1.29, 1.82) is 0 Å². The van der Waals surface area contributed by atoms with Gasteiger partial charge >= 0.3 is 0 Å². The van der Waals surface area contributed by atoms with Crippen molar-refractivity contribution in [1.82, 2.24) is 4.57 Å². The molecule has 1 nitrogen and oxygen atoms in total. The predicted octanol–water partition coefficient (Wildman–Crippen LogP) is 7.30. The van der Waals surface area contributed by atoms with Crippen molar-refractivity contribution in [3.8, 4) is 11.1 Å². The van der Waals surface area contributed by atoms with E-state index >= 15 is 0 Å². The summed E-state index contributed by atoms with van der Waals surface area (Å²) >= 11 is 0. The molecule has 0 aliphatic heterocycles. The average Bonchev–Trinajstić information content (AvgIpc) is 3.06. The lowest BCUT2D eigenvalue weighted by Gasteiger charge is -2.11.